The summed E-state index contributed by atoms with van der Waals surface area (Å²) < 4.78 is 47.5. The second-order valence-electron chi connectivity index (χ2n) is 16.8. The summed E-state index contributed by atoms with van der Waals surface area (Å²) in [5.74, 6) is -0.671. The van der Waals surface area contributed by atoms with Crippen LogP contribution in [0, 0.1) is 0 Å². The van der Waals surface area contributed by atoms with Crippen LogP contribution in [0.5, 0.6) is 0 Å². The van der Waals surface area contributed by atoms with E-state index in [1.165, 1.54) is 109 Å². The molecule has 1 heterocycles. The van der Waals surface area contributed by atoms with E-state index in [4.69, 9.17) is 9.47 Å². The normalized spacial score (nSPS) is 21.5. The number of carbonyl (C=O) groups is 1. The van der Waals surface area contributed by atoms with Gasteiger partial charge in [0.05, 0.1) is 25.4 Å². The minimum Gasteiger partial charge on any atom is -0.394 e. The van der Waals surface area contributed by atoms with Gasteiger partial charge in [-0.3, -0.25) is 9.35 Å². The number of aliphatic hydroxyl groups excluding tert-OH is 5. The van der Waals surface area contributed by atoms with Crippen molar-refractivity contribution in [1.82, 2.24) is 5.32 Å². The van der Waals surface area contributed by atoms with Crippen LogP contribution in [0.25, 0.3) is 0 Å². The van der Waals surface area contributed by atoms with E-state index in [1.807, 2.05) is 0 Å². The van der Waals surface area contributed by atoms with Crippen molar-refractivity contribution >= 4 is 16.3 Å². The summed E-state index contributed by atoms with van der Waals surface area (Å²) in [5, 5.41) is 55.3. The summed E-state index contributed by atoms with van der Waals surface area (Å²) in [4.78, 5) is 13.1. The van der Waals surface area contributed by atoms with Crippen LogP contribution in [-0.4, -0.2) is 107 Å². The molecule has 0 bridgehead atoms. The molecule has 1 aliphatic rings. The van der Waals surface area contributed by atoms with Gasteiger partial charge in [-0.1, -0.05) is 186 Å². The predicted octanol–water partition coefficient (Wildman–Crippen LogP) is 8.30. The van der Waals surface area contributed by atoms with Crippen molar-refractivity contribution in [3.05, 3.63) is 24.3 Å². The van der Waals surface area contributed by atoms with Crippen LogP contribution in [0.15, 0.2) is 24.3 Å². The summed E-state index contributed by atoms with van der Waals surface area (Å²) in [5.41, 5.74) is 0. The first-order valence-electron chi connectivity index (χ1n) is 23.8. The van der Waals surface area contributed by atoms with Gasteiger partial charge in [0.1, 0.15) is 30.5 Å². The molecule has 0 spiro atoms. The maximum atomic E-state index is 13.1. The van der Waals surface area contributed by atoms with Gasteiger partial charge in [-0.2, -0.15) is 8.42 Å². The lowest BCUT2D eigenvalue weighted by atomic mass is 9.99. The Labute approximate surface area is 364 Å². The van der Waals surface area contributed by atoms with Crippen molar-refractivity contribution in [1.29, 1.82) is 0 Å². The molecule has 1 fully saturated rings. The molecule has 13 nitrogen and oxygen atoms in total. The largest absolute Gasteiger partial charge is 0.397 e. The molecule has 14 heteroatoms. The number of carbonyl (C=O) groups excluding carboxylic acids is 1. The number of amides is 1. The van der Waals surface area contributed by atoms with Crippen LogP contribution >= 0.6 is 0 Å². The maximum Gasteiger partial charge on any atom is 0.397 e. The molecule has 1 saturated heterocycles. The molecule has 1 aliphatic heterocycles. The van der Waals surface area contributed by atoms with Gasteiger partial charge in [-0.05, 0) is 38.5 Å². The Bertz CT molecular complexity index is 1190. The highest BCUT2D eigenvalue weighted by Gasteiger charge is 2.48. The molecule has 0 radical (unpaired) electrons. The van der Waals surface area contributed by atoms with Crippen LogP contribution in [0.2, 0.25) is 0 Å². The fourth-order valence-corrected chi connectivity index (χ4v) is 8.13. The van der Waals surface area contributed by atoms with Crippen LogP contribution in [0.4, 0.5) is 0 Å². The monoisotopic (exact) mass is 878 g/mol. The number of hydrogen-bond donors (Lipinski definition) is 7. The Morgan fingerprint density at radius 1 is 0.683 bits per heavy atom. The van der Waals surface area contributed by atoms with Crippen LogP contribution in [0.3, 0.4) is 0 Å². The van der Waals surface area contributed by atoms with E-state index in [0.717, 1.165) is 51.4 Å². The molecule has 0 aromatic rings. The minimum absolute atomic E-state index is 0.260. The molecular formula is C46H87NO12S. The Morgan fingerprint density at radius 2 is 1.17 bits per heavy atom. The van der Waals surface area contributed by atoms with E-state index >= 15 is 0 Å². The SMILES string of the molecule is CC/C=C\C/C=C\CCCCCCCCCCCCCCCC(O)C(=O)NC(COC1OC(CO)C(O)C(OS(=O)(=O)O)C1O)C(O)CCCCCCCCCCCCC. The first-order chi connectivity index (χ1) is 28.9. The summed E-state index contributed by atoms with van der Waals surface area (Å²) in [6, 6.07) is -1.03. The first kappa shape index (κ1) is 56.6. The van der Waals surface area contributed by atoms with Gasteiger partial charge in [-0.15, -0.1) is 0 Å². The number of allylic oxidation sites excluding steroid dienone is 4. The van der Waals surface area contributed by atoms with Crippen LogP contribution < -0.4 is 5.32 Å². The van der Waals surface area contributed by atoms with Crippen LogP contribution in [0.1, 0.15) is 200 Å². The number of ether oxygens (including phenoxy) is 2. The molecule has 354 valence electrons. The van der Waals surface area contributed by atoms with Gasteiger partial charge in [0.25, 0.3) is 0 Å². The topological polar surface area (TPSA) is 212 Å². The van der Waals surface area contributed by atoms with Crippen molar-refractivity contribution < 1.29 is 57.0 Å². The molecule has 0 aliphatic carbocycles. The average molecular weight is 878 g/mol. The molecule has 0 saturated carbocycles. The average Bonchev–Trinajstić information content (AvgIpc) is 3.22. The Balaban J connectivity index is 2.47. The van der Waals surface area contributed by atoms with Crippen molar-refractivity contribution in [2.75, 3.05) is 13.2 Å². The van der Waals surface area contributed by atoms with Gasteiger partial charge in [0.2, 0.25) is 5.91 Å². The first-order valence-corrected chi connectivity index (χ1v) is 25.2. The molecule has 60 heavy (non-hydrogen) atoms. The van der Waals surface area contributed by atoms with E-state index in [0.29, 0.717) is 19.3 Å². The third-order valence-corrected chi connectivity index (χ3v) is 11.8. The third kappa shape index (κ3) is 29.0. The standard InChI is InChI=1S/C46H87NO12S/c1-3-5-7-9-11-13-15-16-17-18-19-20-21-22-23-25-27-29-31-33-35-40(50)45(53)47-38(39(49)34-32-30-28-26-24-14-12-10-8-6-4-2)37-57-46-43(52)44(59-60(54,55)56)42(51)41(36-48)58-46/h5,7,11,13,38-44,46,48-52H,3-4,6,8-10,12,14-37H2,1-2H3,(H,47,53)(H,54,55,56)/b7-5-,13-11-. The molecule has 8 unspecified atom stereocenters. The lowest BCUT2D eigenvalue weighted by Gasteiger charge is -2.41. The summed E-state index contributed by atoms with van der Waals surface area (Å²) in [6.07, 6.45) is 29.4. The lowest BCUT2D eigenvalue weighted by Crippen LogP contribution is -2.61. The number of unbranched alkanes of at least 4 members (excludes halogenated alkanes) is 23. The van der Waals surface area contributed by atoms with E-state index in [-0.39, 0.29) is 6.42 Å². The molecule has 7 N–H and O–H groups in total. The van der Waals surface area contributed by atoms with Gasteiger partial charge < -0.3 is 40.3 Å². The van der Waals surface area contributed by atoms with Crippen molar-refractivity contribution in [3.63, 3.8) is 0 Å². The van der Waals surface area contributed by atoms with E-state index in [9.17, 15) is 43.3 Å². The highest BCUT2D eigenvalue weighted by molar-refractivity contribution is 7.80. The third-order valence-electron chi connectivity index (χ3n) is 11.4. The number of nitrogens with one attached hydrogen (secondary N) is 1. The van der Waals surface area contributed by atoms with Crippen molar-refractivity contribution in [2.24, 2.45) is 0 Å². The predicted molar refractivity (Wildman–Crippen MR) is 238 cm³/mol. The summed E-state index contributed by atoms with van der Waals surface area (Å²) >= 11 is 0. The van der Waals surface area contributed by atoms with E-state index in [2.05, 4.69) is 47.7 Å². The van der Waals surface area contributed by atoms with Gasteiger partial charge in [0.15, 0.2) is 6.29 Å². The van der Waals surface area contributed by atoms with Crippen LogP contribution in [-0.2, 0) is 28.9 Å². The van der Waals surface area contributed by atoms with Gasteiger partial charge in [0, 0.05) is 0 Å². The molecule has 1 amide bonds. The fourth-order valence-electron chi connectivity index (χ4n) is 7.62. The molecule has 0 aromatic heterocycles. The second-order valence-corrected chi connectivity index (χ2v) is 17.9. The lowest BCUT2D eigenvalue weighted by molar-refractivity contribution is -0.298. The van der Waals surface area contributed by atoms with E-state index < -0.39 is 78.5 Å². The Kier molecular flexibility index (Phi) is 34.8. The van der Waals surface area contributed by atoms with Crippen molar-refractivity contribution in [2.45, 2.75) is 249 Å². The summed E-state index contributed by atoms with van der Waals surface area (Å²) in [6.45, 7) is 3.16. The zero-order valence-corrected chi connectivity index (χ0v) is 38.2. The Morgan fingerprint density at radius 3 is 1.67 bits per heavy atom. The zero-order valence-electron chi connectivity index (χ0n) is 37.4. The van der Waals surface area contributed by atoms with E-state index in [1.54, 1.807) is 0 Å². The van der Waals surface area contributed by atoms with Gasteiger partial charge in [-0.25, -0.2) is 4.18 Å². The highest BCUT2D eigenvalue weighted by atomic mass is 32.3. The highest BCUT2D eigenvalue weighted by Crippen LogP contribution is 2.26. The van der Waals surface area contributed by atoms with Gasteiger partial charge >= 0.3 is 10.4 Å². The maximum absolute atomic E-state index is 13.1. The number of aliphatic hydroxyl groups is 5. The fraction of sp³-hybridized carbons (Fsp3) is 0.891. The molecular weight excluding hydrogens is 791 g/mol. The molecule has 8 atom stereocenters. The quantitative estimate of drug-likeness (QED) is 0.0176. The smallest absolute Gasteiger partial charge is 0.394 e. The van der Waals surface area contributed by atoms with Crippen molar-refractivity contribution in [3.8, 4) is 0 Å². The number of rotatable bonds is 40. The molecule has 0 aromatic carbocycles. The minimum atomic E-state index is -5.11. The number of hydrogen-bond acceptors (Lipinski definition) is 11. The zero-order chi connectivity index (χ0) is 44.3. The molecule has 1 rings (SSSR count). The summed E-state index contributed by atoms with van der Waals surface area (Å²) in [7, 11) is -5.11. The second kappa shape index (κ2) is 37.0. The Hall–Kier alpha value is -1.46.